The molecule has 1 heterocycles. The molecule has 2 heteroatoms. The van der Waals surface area contributed by atoms with Crippen LogP contribution in [0.2, 0.25) is 0 Å². The lowest BCUT2D eigenvalue weighted by molar-refractivity contribution is 0.571. The maximum atomic E-state index is 3.77. The molecule has 151 valence electrons. The molecule has 0 unspecified atom stereocenters. The van der Waals surface area contributed by atoms with Gasteiger partial charge in [0.05, 0.1) is 3.79 Å². The maximum Gasteiger partial charge on any atom is 0.0740 e. The van der Waals surface area contributed by atoms with Crippen molar-refractivity contribution >= 4 is 27.3 Å². The molecule has 0 atom stereocenters. The van der Waals surface area contributed by atoms with Gasteiger partial charge in [-0.15, -0.1) is 11.3 Å². The summed E-state index contributed by atoms with van der Waals surface area (Å²) in [7, 11) is 0. The number of unbranched alkanes of at least 4 members (excludes halogenated alkanes) is 14. The Morgan fingerprint density at radius 1 is 0.615 bits per heavy atom. The molecular weight excluding hydrogens is 400 g/mol. The van der Waals surface area contributed by atoms with Gasteiger partial charge in [-0.1, -0.05) is 104 Å². The Kier molecular flexibility index (Phi) is 16.1. The van der Waals surface area contributed by atoms with Gasteiger partial charge in [0.15, 0.2) is 0 Å². The topological polar surface area (TPSA) is 0 Å². The first-order valence-electron chi connectivity index (χ1n) is 11.5. The molecule has 0 saturated heterocycles. The van der Waals surface area contributed by atoms with E-state index < -0.39 is 0 Å². The SMILES string of the molecule is CCCCCCCCCCc1[c]sc(Br)c1CCCCCCCCCC. The van der Waals surface area contributed by atoms with E-state index >= 15 is 0 Å². The van der Waals surface area contributed by atoms with Gasteiger partial charge in [0.2, 0.25) is 0 Å². The van der Waals surface area contributed by atoms with Crippen molar-refractivity contribution in [1.82, 2.24) is 0 Å². The molecule has 0 bridgehead atoms. The van der Waals surface area contributed by atoms with E-state index in [9.17, 15) is 0 Å². The van der Waals surface area contributed by atoms with Crippen LogP contribution in [0.1, 0.15) is 128 Å². The van der Waals surface area contributed by atoms with Crippen molar-refractivity contribution in [3.63, 3.8) is 0 Å². The van der Waals surface area contributed by atoms with Crippen LogP contribution in [0.3, 0.4) is 0 Å². The fourth-order valence-electron chi connectivity index (χ4n) is 3.67. The van der Waals surface area contributed by atoms with E-state index in [0.717, 1.165) is 0 Å². The predicted molar refractivity (Wildman–Crippen MR) is 123 cm³/mol. The minimum atomic E-state index is 1.24. The normalized spacial score (nSPS) is 11.3. The van der Waals surface area contributed by atoms with E-state index in [1.807, 2.05) is 0 Å². The Labute approximate surface area is 176 Å². The summed E-state index contributed by atoms with van der Waals surface area (Å²) in [6, 6.07) is 0. The monoisotopic (exact) mass is 441 g/mol. The summed E-state index contributed by atoms with van der Waals surface area (Å²) in [5.41, 5.74) is 3.08. The zero-order valence-electron chi connectivity index (χ0n) is 17.5. The molecule has 0 nitrogen and oxygen atoms in total. The summed E-state index contributed by atoms with van der Waals surface area (Å²) >= 11 is 5.55. The molecule has 0 saturated carbocycles. The Morgan fingerprint density at radius 3 is 1.54 bits per heavy atom. The Morgan fingerprint density at radius 2 is 1.04 bits per heavy atom. The summed E-state index contributed by atoms with van der Waals surface area (Å²) < 4.78 is 1.34. The third-order valence-corrected chi connectivity index (χ3v) is 7.16. The molecule has 0 fully saturated rings. The number of thiophene rings is 1. The lowest BCUT2D eigenvalue weighted by Crippen LogP contribution is -1.93. The Balaban J connectivity index is 2.10. The third kappa shape index (κ3) is 11.8. The second-order valence-corrected chi connectivity index (χ2v) is 10.0. The van der Waals surface area contributed by atoms with E-state index in [-0.39, 0.29) is 0 Å². The van der Waals surface area contributed by atoms with Crippen LogP contribution in [0.15, 0.2) is 3.79 Å². The van der Waals surface area contributed by atoms with Crippen LogP contribution in [-0.2, 0) is 12.8 Å². The molecular formula is C24H42BrS. The predicted octanol–water partition coefficient (Wildman–Crippen LogP) is 9.68. The Hall–Kier alpha value is 0.180. The van der Waals surface area contributed by atoms with Gasteiger partial charge < -0.3 is 0 Å². The highest BCUT2D eigenvalue weighted by Gasteiger charge is 2.10. The summed E-state index contributed by atoms with van der Waals surface area (Å²) in [5.74, 6) is 0. The summed E-state index contributed by atoms with van der Waals surface area (Å²) in [6.07, 6.45) is 25.0. The van der Waals surface area contributed by atoms with Gasteiger partial charge in [0, 0.05) is 5.38 Å². The first-order chi connectivity index (χ1) is 12.8. The van der Waals surface area contributed by atoms with Crippen LogP contribution in [0.4, 0.5) is 0 Å². The first kappa shape index (κ1) is 24.2. The highest BCUT2D eigenvalue weighted by Crippen LogP contribution is 2.30. The molecule has 0 spiro atoms. The molecule has 0 aliphatic heterocycles. The molecule has 26 heavy (non-hydrogen) atoms. The summed E-state index contributed by atoms with van der Waals surface area (Å²) in [4.78, 5) is 0. The van der Waals surface area contributed by atoms with E-state index in [1.165, 1.54) is 125 Å². The van der Waals surface area contributed by atoms with E-state index in [1.54, 1.807) is 16.9 Å². The van der Waals surface area contributed by atoms with E-state index in [2.05, 4.69) is 35.2 Å². The lowest BCUT2D eigenvalue weighted by Gasteiger charge is -2.06. The maximum absolute atomic E-state index is 3.77. The first-order valence-corrected chi connectivity index (χ1v) is 13.1. The molecule has 0 aromatic carbocycles. The number of halogens is 1. The van der Waals surface area contributed by atoms with E-state index in [0.29, 0.717) is 0 Å². The standard InChI is InChI=1S/C24H42BrS/c1-3-5-7-9-11-13-15-17-19-22-21-26-24(25)23(22)20-18-16-14-12-10-8-6-4-2/h3-20H2,1-2H3. The summed E-state index contributed by atoms with van der Waals surface area (Å²) in [6.45, 7) is 4.58. The average Bonchev–Trinajstić information content (AvgIpc) is 2.99. The van der Waals surface area contributed by atoms with Gasteiger partial charge in [0.25, 0.3) is 0 Å². The minimum absolute atomic E-state index is 1.24. The van der Waals surface area contributed by atoms with Crippen LogP contribution in [-0.4, -0.2) is 0 Å². The van der Waals surface area contributed by atoms with Gasteiger partial charge in [-0.3, -0.25) is 0 Å². The van der Waals surface area contributed by atoms with Crippen molar-refractivity contribution in [3.8, 4) is 0 Å². The lowest BCUT2D eigenvalue weighted by atomic mass is 10.00. The highest BCUT2D eigenvalue weighted by molar-refractivity contribution is 9.11. The smallest absolute Gasteiger partial charge is 0.0740 e. The van der Waals surface area contributed by atoms with Gasteiger partial charge in [-0.2, -0.15) is 0 Å². The molecule has 0 aliphatic carbocycles. The zero-order valence-corrected chi connectivity index (χ0v) is 19.9. The molecule has 1 radical (unpaired) electrons. The van der Waals surface area contributed by atoms with Crippen molar-refractivity contribution in [2.24, 2.45) is 0 Å². The Bertz CT molecular complexity index is 424. The average molecular weight is 443 g/mol. The largest absolute Gasteiger partial charge is 0.127 e. The fraction of sp³-hybridized carbons (Fsp3) is 0.833. The van der Waals surface area contributed by atoms with Crippen LogP contribution in [0.25, 0.3) is 0 Å². The van der Waals surface area contributed by atoms with Crippen molar-refractivity contribution in [2.45, 2.75) is 129 Å². The minimum Gasteiger partial charge on any atom is -0.127 e. The van der Waals surface area contributed by atoms with Crippen LogP contribution >= 0.6 is 27.3 Å². The number of aryl methyl sites for hydroxylation is 1. The number of hydrogen-bond acceptors (Lipinski definition) is 1. The van der Waals surface area contributed by atoms with Gasteiger partial charge in [0.1, 0.15) is 0 Å². The molecule has 1 rings (SSSR count). The zero-order chi connectivity index (χ0) is 18.9. The third-order valence-electron chi connectivity index (χ3n) is 5.43. The molecule has 0 aliphatic rings. The van der Waals surface area contributed by atoms with Crippen LogP contribution in [0, 0.1) is 5.38 Å². The molecule has 1 aromatic rings. The second kappa shape index (κ2) is 17.3. The van der Waals surface area contributed by atoms with E-state index in [4.69, 9.17) is 0 Å². The highest BCUT2D eigenvalue weighted by atomic mass is 79.9. The van der Waals surface area contributed by atoms with Gasteiger partial charge >= 0.3 is 0 Å². The fourth-order valence-corrected chi connectivity index (χ4v) is 5.14. The number of hydrogen-bond donors (Lipinski definition) is 0. The van der Waals surface area contributed by atoms with Gasteiger partial charge in [-0.25, -0.2) is 0 Å². The van der Waals surface area contributed by atoms with Crippen molar-refractivity contribution in [2.75, 3.05) is 0 Å². The summed E-state index contributed by atoms with van der Waals surface area (Å²) in [5, 5.41) is 3.56. The molecule has 1 aromatic heterocycles. The van der Waals surface area contributed by atoms with Crippen molar-refractivity contribution < 1.29 is 0 Å². The van der Waals surface area contributed by atoms with Crippen molar-refractivity contribution in [3.05, 3.63) is 20.3 Å². The molecule has 0 N–H and O–H groups in total. The van der Waals surface area contributed by atoms with Gasteiger partial charge in [-0.05, 0) is 52.7 Å². The van der Waals surface area contributed by atoms with Crippen molar-refractivity contribution in [1.29, 1.82) is 0 Å². The second-order valence-electron chi connectivity index (χ2n) is 7.88. The quantitative estimate of drug-likeness (QED) is 0.198. The number of rotatable bonds is 18. The molecule has 0 amide bonds. The van der Waals surface area contributed by atoms with Crippen LogP contribution < -0.4 is 0 Å². The van der Waals surface area contributed by atoms with Crippen LogP contribution in [0.5, 0.6) is 0 Å².